The SMILES string of the molecule is COc1cc(C=NNC(=O)COc2cc(C)ccc2C(C)C)ccc1OS(=O)(=O)c1ccc(C)c([N+](=O)[O-])c1. The first-order valence-electron chi connectivity index (χ1n) is 11.8. The Morgan fingerprint density at radius 3 is 2.46 bits per heavy atom. The molecule has 0 spiro atoms. The molecular formula is C27H29N3O8S. The van der Waals surface area contributed by atoms with Crippen molar-refractivity contribution in [1.82, 2.24) is 5.43 Å². The van der Waals surface area contributed by atoms with Crippen LogP contribution in [-0.4, -0.2) is 39.2 Å². The standard InChI is InChI=1S/C27H29N3O8S/c1-17(2)22-10-6-18(3)12-25(22)37-16-27(31)29-28-15-20-8-11-24(26(13-20)36-5)38-39(34,35)21-9-7-19(4)23(14-21)30(32)33/h6-15,17H,16H2,1-5H3,(H,29,31). The molecule has 0 bridgehead atoms. The van der Waals surface area contributed by atoms with Crippen molar-refractivity contribution in [1.29, 1.82) is 0 Å². The number of nitrogens with zero attached hydrogens (tertiary/aromatic N) is 2. The molecule has 3 aromatic carbocycles. The second-order valence-corrected chi connectivity index (χ2v) is 10.5. The number of nitro benzene ring substituents is 1. The van der Waals surface area contributed by atoms with E-state index in [9.17, 15) is 23.3 Å². The summed E-state index contributed by atoms with van der Waals surface area (Å²) >= 11 is 0. The van der Waals surface area contributed by atoms with Gasteiger partial charge in [-0.3, -0.25) is 14.9 Å². The van der Waals surface area contributed by atoms with E-state index in [0.717, 1.165) is 17.2 Å². The van der Waals surface area contributed by atoms with E-state index < -0.39 is 20.9 Å². The van der Waals surface area contributed by atoms with Gasteiger partial charge < -0.3 is 13.7 Å². The normalized spacial score (nSPS) is 11.4. The number of carbonyl (C=O) groups excluding carboxylic acids is 1. The second-order valence-electron chi connectivity index (χ2n) is 8.93. The van der Waals surface area contributed by atoms with Crippen LogP contribution in [-0.2, 0) is 14.9 Å². The van der Waals surface area contributed by atoms with Crippen molar-refractivity contribution in [2.45, 2.75) is 38.5 Å². The number of methoxy groups -OCH3 is 1. The Morgan fingerprint density at radius 2 is 1.79 bits per heavy atom. The summed E-state index contributed by atoms with van der Waals surface area (Å²) in [4.78, 5) is 22.4. The highest BCUT2D eigenvalue weighted by Gasteiger charge is 2.23. The molecule has 3 aromatic rings. The molecule has 0 aliphatic carbocycles. The van der Waals surface area contributed by atoms with Crippen molar-refractivity contribution >= 4 is 27.9 Å². The Morgan fingerprint density at radius 1 is 1.05 bits per heavy atom. The molecule has 1 amide bonds. The van der Waals surface area contributed by atoms with Crippen LogP contribution in [0.15, 0.2) is 64.6 Å². The molecular weight excluding hydrogens is 526 g/mol. The average molecular weight is 556 g/mol. The summed E-state index contributed by atoms with van der Waals surface area (Å²) in [5, 5.41) is 15.1. The summed E-state index contributed by atoms with van der Waals surface area (Å²) in [6.07, 6.45) is 1.34. The molecule has 0 fully saturated rings. The first-order valence-corrected chi connectivity index (χ1v) is 13.2. The molecule has 0 saturated heterocycles. The number of hydrazone groups is 1. The number of hydrogen-bond acceptors (Lipinski definition) is 9. The molecule has 11 nitrogen and oxygen atoms in total. The summed E-state index contributed by atoms with van der Waals surface area (Å²) in [5.41, 5.74) is 4.84. The van der Waals surface area contributed by atoms with Gasteiger partial charge in [-0.2, -0.15) is 13.5 Å². The number of hydrogen-bond donors (Lipinski definition) is 1. The summed E-state index contributed by atoms with van der Waals surface area (Å²) in [6, 6.07) is 13.6. The molecule has 12 heteroatoms. The van der Waals surface area contributed by atoms with Gasteiger partial charge in [-0.15, -0.1) is 0 Å². The van der Waals surface area contributed by atoms with E-state index in [0.29, 0.717) is 16.9 Å². The number of benzene rings is 3. The second kappa shape index (κ2) is 12.4. The molecule has 0 saturated carbocycles. The van der Waals surface area contributed by atoms with E-state index in [2.05, 4.69) is 10.5 Å². The lowest BCUT2D eigenvalue weighted by Crippen LogP contribution is -2.25. The topological polar surface area (TPSA) is 146 Å². The van der Waals surface area contributed by atoms with Crippen LogP contribution in [0, 0.1) is 24.0 Å². The van der Waals surface area contributed by atoms with E-state index in [1.807, 2.05) is 39.0 Å². The largest absolute Gasteiger partial charge is 0.493 e. The van der Waals surface area contributed by atoms with Gasteiger partial charge in [0.15, 0.2) is 18.1 Å². The summed E-state index contributed by atoms with van der Waals surface area (Å²) < 4.78 is 41.6. The van der Waals surface area contributed by atoms with Crippen LogP contribution in [0.3, 0.4) is 0 Å². The van der Waals surface area contributed by atoms with Gasteiger partial charge in [0.05, 0.1) is 18.2 Å². The minimum absolute atomic E-state index is 0.0689. The van der Waals surface area contributed by atoms with Gasteiger partial charge >= 0.3 is 10.1 Å². The molecule has 206 valence electrons. The van der Waals surface area contributed by atoms with Crippen molar-refractivity contribution in [2.75, 3.05) is 13.7 Å². The van der Waals surface area contributed by atoms with Crippen LogP contribution >= 0.6 is 0 Å². The monoisotopic (exact) mass is 555 g/mol. The summed E-state index contributed by atoms with van der Waals surface area (Å²) in [6.45, 7) is 7.29. The number of rotatable bonds is 11. The Labute approximate surface area is 226 Å². The fourth-order valence-corrected chi connectivity index (χ4v) is 4.50. The molecule has 0 aliphatic heterocycles. The fraction of sp³-hybridized carbons (Fsp3) is 0.259. The lowest BCUT2D eigenvalue weighted by Gasteiger charge is -2.14. The minimum atomic E-state index is -4.39. The highest BCUT2D eigenvalue weighted by molar-refractivity contribution is 7.87. The number of aryl methyl sites for hydroxylation is 2. The van der Waals surface area contributed by atoms with Crippen LogP contribution in [0.25, 0.3) is 0 Å². The Balaban J connectivity index is 1.66. The minimum Gasteiger partial charge on any atom is -0.493 e. The maximum Gasteiger partial charge on any atom is 0.339 e. The molecule has 0 unspecified atom stereocenters. The first kappa shape index (κ1) is 29.1. The molecule has 1 N–H and O–H groups in total. The van der Waals surface area contributed by atoms with E-state index in [4.69, 9.17) is 13.7 Å². The zero-order chi connectivity index (χ0) is 28.7. The quantitative estimate of drug-likeness (QED) is 0.156. The zero-order valence-corrected chi connectivity index (χ0v) is 22.9. The first-order chi connectivity index (χ1) is 18.4. The van der Waals surface area contributed by atoms with Gasteiger partial charge in [-0.1, -0.05) is 32.0 Å². The predicted molar refractivity (Wildman–Crippen MR) is 145 cm³/mol. The third kappa shape index (κ3) is 7.54. The molecule has 0 atom stereocenters. The molecule has 0 aromatic heterocycles. The zero-order valence-electron chi connectivity index (χ0n) is 22.1. The van der Waals surface area contributed by atoms with Gasteiger partial charge in [-0.05, 0) is 66.8 Å². The third-order valence-electron chi connectivity index (χ3n) is 5.61. The van der Waals surface area contributed by atoms with E-state index in [1.165, 1.54) is 50.6 Å². The average Bonchev–Trinajstić information content (AvgIpc) is 2.87. The maximum atomic E-state index is 12.7. The van der Waals surface area contributed by atoms with Crippen molar-refractivity contribution in [3.63, 3.8) is 0 Å². The fourth-order valence-electron chi connectivity index (χ4n) is 3.54. The van der Waals surface area contributed by atoms with Crippen molar-refractivity contribution in [3.05, 3.63) is 87.0 Å². The highest BCUT2D eigenvalue weighted by atomic mass is 32.2. The summed E-state index contributed by atoms with van der Waals surface area (Å²) in [5.74, 6) is 0.343. The summed E-state index contributed by atoms with van der Waals surface area (Å²) in [7, 11) is -3.07. The van der Waals surface area contributed by atoms with Crippen LogP contribution in [0.5, 0.6) is 17.2 Å². The molecule has 0 aliphatic rings. The van der Waals surface area contributed by atoms with Crippen molar-refractivity contribution < 1.29 is 31.8 Å². The number of nitrogens with one attached hydrogen (secondary N) is 1. The Kier molecular flexibility index (Phi) is 9.25. The maximum absolute atomic E-state index is 12.7. The van der Waals surface area contributed by atoms with Crippen molar-refractivity contribution in [2.24, 2.45) is 5.10 Å². The molecule has 0 heterocycles. The molecule has 0 radical (unpaired) electrons. The Hall–Kier alpha value is -4.45. The van der Waals surface area contributed by atoms with Gasteiger partial charge in [-0.25, -0.2) is 5.43 Å². The van der Waals surface area contributed by atoms with Crippen LogP contribution in [0.2, 0.25) is 0 Å². The lowest BCUT2D eigenvalue weighted by molar-refractivity contribution is -0.385. The predicted octanol–water partition coefficient (Wildman–Crippen LogP) is 4.64. The third-order valence-corrected chi connectivity index (χ3v) is 6.84. The van der Waals surface area contributed by atoms with Gasteiger partial charge in [0.1, 0.15) is 10.6 Å². The smallest absolute Gasteiger partial charge is 0.339 e. The van der Waals surface area contributed by atoms with Crippen molar-refractivity contribution in [3.8, 4) is 17.2 Å². The van der Waals surface area contributed by atoms with E-state index in [1.54, 1.807) is 0 Å². The number of nitro groups is 1. The van der Waals surface area contributed by atoms with Gasteiger partial charge in [0.25, 0.3) is 11.6 Å². The van der Waals surface area contributed by atoms with E-state index >= 15 is 0 Å². The van der Waals surface area contributed by atoms with Gasteiger partial charge in [0.2, 0.25) is 0 Å². The molecule has 3 rings (SSSR count). The van der Waals surface area contributed by atoms with Crippen LogP contribution in [0.4, 0.5) is 5.69 Å². The number of carbonyl (C=O) groups is 1. The van der Waals surface area contributed by atoms with Gasteiger partial charge in [0, 0.05) is 11.6 Å². The van der Waals surface area contributed by atoms with E-state index in [-0.39, 0.29) is 34.6 Å². The van der Waals surface area contributed by atoms with Crippen LogP contribution in [0.1, 0.15) is 42.0 Å². The lowest BCUT2D eigenvalue weighted by atomic mass is 10.0. The number of ether oxygens (including phenoxy) is 2. The Bertz CT molecular complexity index is 1520. The molecule has 39 heavy (non-hydrogen) atoms. The van der Waals surface area contributed by atoms with Crippen LogP contribution < -0.4 is 19.1 Å². The highest BCUT2D eigenvalue weighted by Crippen LogP contribution is 2.32. The number of amides is 1.